The van der Waals surface area contributed by atoms with E-state index in [1.165, 1.54) is 0 Å². The maximum atomic E-state index is 13.0. The summed E-state index contributed by atoms with van der Waals surface area (Å²) in [7, 11) is -3.90. The highest BCUT2D eigenvalue weighted by Crippen LogP contribution is 2.44. The summed E-state index contributed by atoms with van der Waals surface area (Å²) in [4.78, 5) is 0.754. The van der Waals surface area contributed by atoms with Gasteiger partial charge in [-0.1, -0.05) is 54.6 Å². The first-order valence-electron chi connectivity index (χ1n) is 10.0. The maximum Gasteiger partial charge on any atom is 0.494 e. The quantitative estimate of drug-likeness (QED) is 0.451. The van der Waals surface area contributed by atoms with E-state index in [1.807, 2.05) is 76.2 Å². The predicted octanol–water partition coefficient (Wildman–Crippen LogP) is 4.47. The molecule has 0 aliphatic carbocycles. The lowest BCUT2D eigenvalue weighted by atomic mass is 9.78. The zero-order chi connectivity index (χ0) is 21.3. The largest absolute Gasteiger partial charge is 0.494 e. The van der Waals surface area contributed by atoms with Gasteiger partial charge in [-0.3, -0.25) is 0 Å². The zero-order valence-corrected chi connectivity index (χ0v) is 18.3. The van der Waals surface area contributed by atoms with E-state index in [1.54, 1.807) is 18.2 Å². The third-order valence-corrected chi connectivity index (χ3v) is 8.36. The molecule has 2 heterocycles. The van der Waals surface area contributed by atoms with Crippen LogP contribution in [0.3, 0.4) is 0 Å². The van der Waals surface area contributed by atoms with Crippen molar-refractivity contribution in [3.63, 3.8) is 0 Å². The van der Waals surface area contributed by atoms with Crippen molar-refractivity contribution >= 4 is 22.4 Å². The van der Waals surface area contributed by atoms with Crippen LogP contribution >= 0.6 is 0 Å². The molecule has 3 aromatic rings. The van der Waals surface area contributed by atoms with E-state index >= 15 is 0 Å². The summed E-state index contributed by atoms with van der Waals surface area (Å²) in [5.74, 6) is 0. The number of benzene rings is 3. The molecule has 1 saturated heterocycles. The Hall–Kier alpha value is -2.41. The number of hydrogen-bond donors (Lipinski definition) is 0. The predicted molar refractivity (Wildman–Crippen MR) is 118 cm³/mol. The minimum atomic E-state index is -3.48. The van der Waals surface area contributed by atoms with E-state index in [2.05, 4.69) is 0 Å². The molecule has 3 aromatic carbocycles. The topological polar surface area (TPSA) is 52.6 Å². The summed E-state index contributed by atoms with van der Waals surface area (Å²) >= 11 is 0. The SMILES string of the molecule is CC1(C)OB(c2ccc(-c3ccc4c(c3)S(=O)(=O)c3ccccc3-4)cc2)OC1(C)C. The second-order valence-corrected chi connectivity index (χ2v) is 10.8. The highest BCUT2D eigenvalue weighted by Gasteiger charge is 2.51. The van der Waals surface area contributed by atoms with Gasteiger partial charge in [0.25, 0.3) is 0 Å². The minimum Gasteiger partial charge on any atom is -0.399 e. The van der Waals surface area contributed by atoms with Crippen molar-refractivity contribution in [3.05, 3.63) is 66.7 Å². The van der Waals surface area contributed by atoms with Crippen LogP contribution in [0.1, 0.15) is 27.7 Å². The second-order valence-electron chi connectivity index (χ2n) is 8.92. The standard InChI is InChI=1S/C24H23BO4S/c1-23(2)24(3,4)29-25(28-23)18-12-9-16(10-13-18)17-11-14-20-19-7-5-6-8-21(19)30(26,27)22(20)15-17/h5-15H,1-4H3. The molecule has 0 N–H and O–H groups in total. The van der Waals surface area contributed by atoms with Crippen LogP contribution in [0.25, 0.3) is 22.3 Å². The molecular weight excluding hydrogens is 395 g/mol. The fraction of sp³-hybridized carbons (Fsp3) is 0.250. The lowest BCUT2D eigenvalue weighted by Gasteiger charge is -2.32. The van der Waals surface area contributed by atoms with Gasteiger partial charge in [-0.25, -0.2) is 8.42 Å². The van der Waals surface area contributed by atoms with Crippen LogP contribution in [0.5, 0.6) is 0 Å². The van der Waals surface area contributed by atoms with Crippen molar-refractivity contribution < 1.29 is 17.7 Å². The molecule has 0 radical (unpaired) electrons. The highest BCUT2D eigenvalue weighted by molar-refractivity contribution is 7.92. The molecule has 4 nitrogen and oxygen atoms in total. The lowest BCUT2D eigenvalue weighted by Crippen LogP contribution is -2.41. The Morgan fingerprint density at radius 1 is 0.700 bits per heavy atom. The molecule has 0 spiro atoms. The fourth-order valence-electron chi connectivity index (χ4n) is 4.00. The van der Waals surface area contributed by atoms with Crippen LogP contribution in [0.4, 0.5) is 0 Å². The van der Waals surface area contributed by atoms with Crippen LogP contribution in [-0.4, -0.2) is 26.7 Å². The first kappa shape index (κ1) is 19.6. The van der Waals surface area contributed by atoms with E-state index in [4.69, 9.17) is 9.31 Å². The molecular formula is C24H23BO4S. The zero-order valence-electron chi connectivity index (χ0n) is 17.5. The number of rotatable bonds is 2. The number of fused-ring (bicyclic) bond motifs is 3. The summed E-state index contributed by atoms with van der Waals surface area (Å²) in [6.45, 7) is 8.13. The molecule has 0 aromatic heterocycles. The van der Waals surface area contributed by atoms with Gasteiger partial charge in [0.1, 0.15) is 0 Å². The van der Waals surface area contributed by atoms with Crippen molar-refractivity contribution in [2.24, 2.45) is 0 Å². The third kappa shape index (κ3) is 2.78. The Labute approximate surface area is 177 Å². The van der Waals surface area contributed by atoms with Crippen LogP contribution < -0.4 is 5.46 Å². The van der Waals surface area contributed by atoms with Crippen LogP contribution in [0.15, 0.2) is 76.5 Å². The summed E-state index contributed by atoms with van der Waals surface area (Å²) < 4.78 is 38.2. The first-order chi connectivity index (χ1) is 14.1. The van der Waals surface area contributed by atoms with Gasteiger partial charge >= 0.3 is 7.12 Å². The maximum absolute atomic E-state index is 13.0. The van der Waals surface area contributed by atoms with Gasteiger partial charge in [0, 0.05) is 11.1 Å². The average molecular weight is 418 g/mol. The first-order valence-corrected chi connectivity index (χ1v) is 11.5. The second kappa shape index (κ2) is 6.30. The van der Waals surface area contributed by atoms with Gasteiger partial charge in [-0.05, 0) is 56.4 Å². The van der Waals surface area contributed by atoms with Crippen molar-refractivity contribution in [2.75, 3.05) is 0 Å². The van der Waals surface area contributed by atoms with Gasteiger partial charge in [0.15, 0.2) is 0 Å². The Balaban J connectivity index is 1.48. The molecule has 0 bridgehead atoms. The molecule has 5 rings (SSSR count). The molecule has 30 heavy (non-hydrogen) atoms. The molecule has 1 fully saturated rings. The Bertz CT molecular complexity index is 1240. The Morgan fingerprint density at radius 3 is 1.93 bits per heavy atom. The van der Waals surface area contributed by atoms with Crippen LogP contribution in [0, 0.1) is 0 Å². The molecule has 0 unspecified atom stereocenters. The summed E-state index contributed by atoms with van der Waals surface area (Å²) in [5, 5.41) is 0. The molecule has 2 aliphatic heterocycles. The molecule has 0 atom stereocenters. The number of hydrogen-bond acceptors (Lipinski definition) is 4. The molecule has 6 heteroatoms. The van der Waals surface area contributed by atoms with Gasteiger partial charge < -0.3 is 9.31 Å². The van der Waals surface area contributed by atoms with E-state index in [0.29, 0.717) is 9.79 Å². The van der Waals surface area contributed by atoms with E-state index in [9.17, 15) is 8.42 Å². The van der Waals surface area contributed by atoms with Crippen molar-refractivity contribution in [1.29, 1.82) is 0 Å². The Morgan fingerprint density at radius 2 is 1.27 bits per heavy atom. The minimum absolute atomic E-state index is 0.372. The summed E-state index contributed by atoms with van der Waals surface area (Å²) in [5.41, 5.74) is 3.52. The van der Waals surface area contributed by atoms with E-state index < -0.39 is 17.0 Å². The van der Waals surface area contributed by atoms with Crippen LogP contribution in [-0.2, 0) is 19.1 Å². The average Bonchev–Trinajstić information content (AvgIpc) is 3.08. The smallest absolute Gasteiger partial charge is 0.399 e. The molecule has 2 aliphatic rings. The van der Waals surface area contributed by atoms with Gasteiger partial charge in [0.05, 0.1) is 21.0 Å². The third-order valence-electron chi connectivity index (χ3n) is 6.51. The molecule has 0 amide bonds. The summed E-state index contributed by atoms with van der Waals surface area (Å²) in [6, 6.07) is 20.7. The highest BCUT2D eigenvalue weighted by atomic mass is 32.2. The van der Waals surface area contributed by atoms with Gasteiger partial charge in [-0.15, -0.1) is 0 Å². The molecule has 0 saturated carbocycles. The van der Waals surface area contributed by atoms with Crippen LogP contribution in [0.2, 0.25) is 0 Å². The van der Waals surface area contributed by atoms with E-state index in [-0.39, 0.29) is 11.2 Å². The Kier molecular flexibility index (Phi) is 4.10. The van der Waals surface area contributed by atoms with Gasteiger partial charge in [-0.2, -0.15) is 0 Å². The fourth-order valence-corrected chi connectivity index (χ4v) is 5.71. The normalized spacial score (nSPS) is 20.1. The lowest BCUT2D eigenvalue weighted by molar-refractivity contribution is 0.00578. The van der Waals surface area contributed by atoms with Crippen molar-refractivity contribution in [1.82, 2.24) is 0 Å². The van der Waals surface area contributed by atoms with E-state index in [0.717, 1.165) is 27.7 Å². The van der Waals surface area contributed by atoms with Gasteiger partial charge in [0.2, 0.25) is 9.84 Å². The van der Waals surface area contributed by atoms with Crippen molar-refractivity contribution in [3.8, 4) is 22.3 Å². The summed E-state index contributed by atoms with van der Waals surface area (Å²) in [6.07, 6.45) is 0. The molecule has 152 valence electrons. The van der Waals surface area contributed by atoms with Crippen molar-refractivity contribution in [2.45, 2.75) is 48.7 Å². The monoisotopic (exact) mass is 418 g/mol. The number of sulfone groups is 1.